The number of benzene rings is 2. The summed E-state index contributed by atoms with van der Waals surface area (Å²) in [4.78, 5) is 1.05. The van der Waals surface area contributed by atoms with Crippen molar-refractivity contribution < 1.29 is 9.47 Å². The second-order valence-corrected chi connectivity index (χ2v) is 5.35. The molecular weight excluding hydrogens is 268 g/mol. The number of thioether (sulfide) groups is 1. The van der Waals surface area contributed by atoms with Crippen molar-refractivity contribution in [2.75, 3.05) is 19.5 Å². The largest absolute Gasteiger partial charge is 0.497 e. The Bertz CT molecular complexity index is 535. The third-order valence-corrected chi connectivity index (χ3v) is 3.74. The van der Waals surface area contributed by atoms with Gasteiger partial charge in [-0.05, 0) is 29.8 Å². The van der Waals surface area contributed by atoms with Gasteiger partial charge < -0.3 is 9.47 Å². The Morgan fingerprint density at radius 1 is 1.00 bits per heavy atom. The van der Waals surface area contributed by atoms with Gasteiger partial charge >= 0.3 is 0 Å². The van der Waals surface area contributed by atoms with Crippen molar-refractivity contribution in [2.24, 2.45) is 0 Å². The Morgan fingerprint density at radius 2 is 1.70 bits per heavy atom. The first kappa shape index (κ1) is 14.5. The SMILES string of the molecule is C=C(SCCOc1ccccc1)c1ccc(OC)cc1. The number of methoxy groups -OCH3 is 1. The second kappa shape index (κ2) is 7.65. The van der Waals surface area contributed by atoms with Crippen LogP contribution in [0, 0.1) is 0 Å². The zero-order valence-electron chi connectivity index (χ0n) is 11.5. The maximum absolute atomic E-state index is 5.65. The zero-order chi connectivity index (χ0) is 14.2. The molecule has 0 unspecified atom stereocenters. The van der Waals surface area contributed by atoms with Gasteiger partial charge in [0, 0.05) is 10.7 Å². The molecule has 0 saturated heterocycles. The minimum absolute atomic E-state index is 0.670. The molecule has 2 nitrogen and oxygen atoms in total. The van der Waals surface area contributed by atoms with Crippen LogP contribution in [0.15, 0.2) is 61.2 Å². The standard InChI is InChI=1S/C17H18O2S/c1-14(15-8-10-16(18-2)11-9-15)20-13-12-19-17-6-4-3-5-7-17/h3-11H,1,12-13H2,2H3. The number of ether oxygens (including phenoxy) is 2. The summed E-state index contributed by atoms with van der Waals surface area (Å²) in [6.07, 6.45) is 0. The van der Waals surface area contributed by atoms with Crippen LogP contribution in [0.5, 0.6) is 11.5 Å². The summed E-state index contributed by atoms with van der Waals surface area (Å²) >= 11 is 1.70. The molecule has 0 aromatic heterocycles. The van der Waals surface area contributed by atoms with Crippen LogP contribution in [0.25, 0.3) is 4.91 Å². The van der Waals surface area contributed by atoms with E-state index in [4.69, 9.17) is 9.47 Å². The molecule has 2 rings (SSSR count). The maximum Gasteiger partial charge on any atom is 0.119 e. The van der Waals surface area contributed by atoms with E-state index in [1.807, 2.05) is 54.6 Å². The smallest absolute Gasteiger partial charge is 0.119 e. The van der Waals surface area contributed by atoms with Crippen molar-refractivity contribution in [3.8, 4) is 11.5 Å². The van der Waals surface area contributed by atoms with Crippen molar-refractivity contribution in [3.63, 3.8) is 0 Å². The van der Waals surface area contributed by atoms with Crippen LogP contribution in [-0.4, -0.2) is 19.5 Å². The summed E-state index contributed by atoms with van der Waals surface area (Å²) in [5.41, 5.74) is 1.12. The van der Waals surface area contributed by atoms with Gasteiger partial charge in [-0.3, -0.25) is 0 Å². The summed E-state index contributed by atoms with van der Waals surface area (Å²) < 4.78 is 10.8. The van der Waals surface area contributed by atoms with Gasteiger partial charge in [0.05, 0.1) is 13.7 Å². The molecular formula is C17H18O2S. The summed E-state index contributed by atoms with van der Waals surface area (Å²) in [7, 11) is 1.67. The number of hydrogen-bond donors (Lipinski definition) is 0. The highest BCUT2D eigenvalue weighted by atomic mass is 32.2. The first-order chi connectivity index (χ1) is 9.79. The molecule has 3 heteroatoms. The summed E-state index contributed by atoms with van der Waals surface area (Å²) in [6.45, 7) is 4.76. The van der Waals surface area contributed by atoms with E-state index in [0.717, 1.165) is 27.7 Å². The minimum Gasteiger partial charge on any atom is -0.497 e. The molecule has 0 heterocycles. The number of para-hydroxylation sites is 1. The average molecular weight is 286 g/mol. The molecule has 20 heavy (non-hydrogen) atoms. The van der Waals surface area contributed by atoms with Crippen LogP contribution in [0.1, 0.15) is 5.56 Å². The van der Waals surface area contributed by atoms with Crippen molar-refractivity contribution in [1.29, 1.82) is 0 Å². The van der Waals surface area contributed by atoms with E-state index in [1.54, 1.807) is 18.9 Å². The van der Waals surface area contributed by atoms with E-state index in [9.17, 15) is 0 Å². The summed E-state index contributed by atoms with van der Waals surface area (Å²) in [5.74, 6) is 2.64. The van der Waals surface area contributed by atoms with Crippen molar-refractivity contribution in [3.05, 3.63) is 66.7 Å². The van der Waals surface area contributed by atoms with E-state index in [2.05, 4.69) is 6.58 Å². The Morgan fingerprint density at radius 3 is 2.35 bits per heavy atom. The van der Waals surface area contributed by atoms with Gasteiger partial charge in [0.2, 0.25) is 0 Å². The van der Waals surface area contributed by atoms with Crippen LogP contribution in [0.2, 0.25) is 0 Å². The Hall–Kier alpha value is -1.87. The second-order valence-electron chi connectivity index (χ2n) is 4.16. The normalized spacial score (nSPS) is 10.1. The van der Waals surface area contributed by atoms with Gasteiger partial charge in [-0.15, -0.1) is 11.8 Å². The first-order valence-electron chi connectivity index (χ1n) is 6.43. The maximum atomic E-state index is 5.65. The molecule has 0 spiro atoms. The highest BCUT2D eigenvalue weighted by molar-refractivity contribution is 8.08. The van der Waals surface area contributed by atoms with Gasteiger partial charge in [-0.1, -0.05) is 36.9 Å². The van der Waals surface area contributed by atoms with Crippen LogP contribution in [-0.2, 0) is 0 Å². The molecule has 0 atom stereocenters. The summed E-state index contributed by atoms with van der Waals surface area (Å²) in [6, 6.07) is 17.8. The van der Waals surface area contributed by atoms with E-state index < -0.39 is 0 Å². The molecule has 0 fully saturated rings. The molecule has 0 bridgehead atoms. The lowest BCUT2D eigenvalue weighted by Gasteiger charge is -2.08. The van der Waals surface area contributed by atoms with E-state index in [1.165, 1.54) is 0 Å². The molecule has 104 valence electrons. The van der Waals surface area contributed by atoms with Gasteiger partial charge in [-0.25, -0.2) is 0 Å². The lowest BCUT2D eigenvalue weighted by molar-refractivity contribution is 0.344. The van der Waals surface area contributed by atoms with Crippen LogP contribution < -0.4 is 9.47 Å². The van der Waals surface area contributed by atoms with Gasteiger partial charge in [0.1, 0.15) is 11.5 Å². The Kier molecular flexibility index (Phi) is 5.56. The molecule has 0 aliphatic carbocycles. The molecule has 0 amide bonds. The zero-order valence-corrected chi connectivity index (χ0v) is 12.4. The fraction of sp³-hybridized carbons (Fsp3) is 0.176. The Labute approximate surface area is 124 Å². The molecule has 0 radical (unpaired) electrons. The first-order valence-corrected chi connectivity index (χ1v) is 7.42. The van der Waals surface area contributed by atoms with E-state index >= 15 is 0 Å². The summed E-state index contributed by atoms with van der Waals surface area (Å²) in [5, 5.41) is 0. The quantitative estimate of drug-likeness (QED) is 0.699. The third-order valence-electron chi connectivity index (χ3n) is 2.78. The van der Waals surface area contributed by atoms with Gasteiger partial charge in [0.25, 0.3) is 0 Å². The fourth-order valence-corrected chi connectivity index (χ4v) is 2.42. The molecule has 0 aliphatic rings. The highest BCUT2D eigenvalue weighted by Gasteiger charge is 2.01. The topological polar surface area (TPSA) is 18.5 Å². The average Bonchev–Trinajstić information content (AvgIpc) is 2.52. The predicted molar refractivity (Wildman–Crippen MR) is 86.4 cm³/mol. The van der Waals surface area contributed by atoms with Gasteiger partial charge in [-0.2, -0.15) is 0 Å². The number of rotatable bonds is 7. The molecule has 0 aliphatic heterocycles. The monoisotopic (exact) mass is 286 g/mol. The van der Waals surface area contributed by atoms with Crippen molar-refractivity contribution >= 4 is 16.7 Å². The fourth-order valence-electron chi connectivity index (χ4n) is 1.70. The van der Waals surface area contributed by atoms with Crippen molar-refractivity contribution in [2.45, 2.75) is 0 Å². The molecule has 0 saturated carbocycles. The lowest BCUT2D eigenvalue weighted by atomic mass is 10.2. The third kappa shape index (κ3) is 4.35. The predicted octanol–water partition coefficient (Wildman–Crippen LogP) is 4.48. The number of hydrogen-bond acceptors (Lipinski definition) is 3. The lowest BCUT2D eigenvalue weighted by Crippen LogP contribution is -1.99. The van der Waals surface area contributed by atoms with Gasteiger partial charge in [0.15, 0.2) is 0 Å². The van der Waals surface area contributed by atoms with Crippen LogP contribution >= 0.6 is 11.8 Å². The molecule has 2 aromatic rings. The Balaban J connectivity index is 1.74. The highest BCUT2D eigenvalue weighted by Crippen LogP contribution is 2.26. The minimum atomic E-state index is 0.670. The molecule has 0 N–H and O–H groups in total. The van der Waals surface area contributed by atoms with Crippen molar-refractivity contribution in [1.82, 2.24) is 0 Å². The molecule has 2 aromatic carbocycles. The van der Waals surface area contributed by atoms with E-state index in [-0.39, 0.29) is 0 Å². The van der Waals surface area contributed by atoms with Crippen LogP contribution in [0.3, 0.4) is 0 Å². The van der Waals surface area contributed by atoms with E-state index in [0.29, 0.717) is 6.61 Å². The van der Waals surface area contributed by atoms with Crippen LogP contribution in [0.4, 0.5) is 0 Å².